The number of hydrogen-bond acceptors (Lipinski definition) is 0. The van der Waals surface area contributed by atoms with E-state index in [2.05, 4.69) is 0 Å². The van der Waals surface area contributed by atoms with Gasteiger partial charge in [0, 0.05) is 0 Å². The normalized spacial score (nSPS) is 14.5. The summed E-state index contributed by atoms with van der Waals surface area (Å²) in [5.41, 5.74) is -4.48. The fourth-order valence-electron chi connectivity index (χ4n) is 0.522. The molecule has 0 aliphatic heterocycles. The first-order valence-corrected chi connectivity index (χ1v) is 4.71. The highest BCUT2D eigenvalue weighted by Crippen LogP contribution is 2.48. The number of halogens is 5. The smallest absolute Gasteiger partial charge is 0.192 e. The molecule has 6 heteroatoms. The standard InChI is InChI=1S/C6H10F5P/c1-2-3-4-12-6(10,11)5(7,8)9/h12H,2-4H2,1H3. The largest absolute Gasteiger partial charge is 0.457 e. The Balaban J connectivity index is 3.88. The van der Waals surface area contributed by atoms with Crippen LogP contribution >= 0.6 is 8.58 Å². The van der Waals surface area contributed by atoms with Crippen LogP contribution < -0.4 is 0 Å². The Kier molecular flexibility index (Phi) is 4.38. The van der Waals surface area contributed by atoms with Crippen molar-refractivity contribution in [2.75, 3.05) is 6.16 Å². The molecule has 0 saturated heterocycles. The van der Waals surface area contributed by atoms with Gasteiger partial charge in [0.25, 0.3) is 0 Å². The maximum absolute atomic E-state index is 12.1. The third-order valence-electron chi connectivity index (χ3n) is 1.23. The number of hydrogen-bond donors (Lipinski definition) is 0. The Hall–Kier alpha value is 0.0800. The second-order valence-electron chi connectivity index (χ2n) is 2.35. The summed E-state index contributed by atoms with van der Waals surface area (Å²) >= 11 is 0. The van der Waals surface area contributed by atoms with E-state index in [4.69, 9.17) is 0 Å². The van der Waals surface area contributed by atoms with Gasteiger partial charge >= 0.3 is 11.8 Å². The molecule has 1 unspecified atom stereocenters. The van der Waals surface area contributed by atoms with Crippen molar-refractivity contribution in [2.45, 2.75) is 31.6 Å². The molecule has 0 amide bonds. The van der Waals surface area contributed by atoms with Crippen LogP contribution in [0.3, 0.4) is 0 Å². The lowest BCUT2D eigenvalue weighted by Crippen LogP contribution is -2.31. The Labute approximate surface area is 69.3 Å². The van der Waals surface area contributed by atoms with Gasteiger partial charge in [-0.15, -0.1) is 0 Å². The van der Waals surface area contributed by atoms with Crippen molar-refractivity contribution >= 4 is 8.58 Å². The summed E-state index contributed by atoms with van der Waals surface area (Å²) in [5, 5.41) is 0. The SMILES string of the molecule is CCCCPC(F)(F)C(F)(F)F. The second-order valence-corrected chi connectivity index (χ2v) is 3.83. The lowest BCUT2D eigenvalue weighted by atomic mass is 10.4. The Bertz CT molecular complexity index is 130. The topological polar surface area (TPSA) is 0 Å². The van der Waals surface area contributed by atoms with Crippen LogP contribution in [0.2, 0.25) is 0 Å². The first-order chi connectivity index (χ1) is 5.31. The van der Waals surface area contributed by atoms with Gasteiger partial charge in [0.15, 0.2) is 0 Å². The van der Waals surface area contributed by atoms with E-state index >= 15 is 0 Å². The monoisotopic (exact) mass is 208 g/mol. The van der Waals surface area contributed by atoms with E-state index in [1.54, 1.807) is 6.92 Å². The molecule has 0 N–H and O–H groups in total. The van der Waals surface area contributed by atoms with Gasteiger partial charge in [0.1, 0.15) is 0 Å². The molecule has 0 rings (SSSR count). The molecule has 0 bridgehead atoms. The lowest BCUT2D eigenvalue weighted by molar-refractivity contribution is -0.239. The van der Waals surface area contributed by atoms with E-state index in [9.17, 15) is 22.0 Å². The quantitative estimate of drug-likeness (QED) is 0.376. The van der Waals surface area contributed by atoms with Gasteiger partial charge in [-0.2, -0.15) is 22.0 Å². The van der Waals surface area contributed by atoms with Crippen molar-refractivity contribution in [3.63, 3.8) is 0 Å². The van der Waals surface area contributed by atoms with Crippen LogP contribution in [0.1, 0.15) is 19.8 Å². The van der Waals surface area contributed by atoms with Gasteiger partial charge in [0.05, 0.1) is 0 Å². The van der Waals surface area contributed by atoms with Crippen LogP contribution in [0.25, 0.3) is 0 Å². The van der Waals surface area contributed by atoms with Crippen molar-refractivity contribution in [1.82, 2.24) is 0 Å². The number of rotatable bonds is 4. The van der Waals surface area contributed by atoms with Crippen molar-refractivity contribution < 1.29 is 22.0 Å². The van der Waals surface area contributed by atoms with E-state index in [1.165, 1.54) is 0 Å². The highest BCUT2D eigenvalue weighted by atomic mass is 31.1. The molecule has 0 spiro atoms. The van der Waals surface area contributed by atoms with Gasteiger partial charge in [-0.3, -0.25) is 0 Å². The fraction of sp³-hybridized carbons (Fsp3) is 1.00. The van der Waals surface area contributed by atoms with E-state index in [-0.39, 0.29) is 6.16 Å². The fourth-order valence-corrected chi connectivity index (χ4v) is 1.57. The maximum Gasteiger partial charge on any atom is 0.457 e. The van der Waals surface area contributed by atoms with Crippen LogP contribution in [0.5, 0.6) is 0 Å². The minimum atomic E-state index is -5.38. The Morgan fingerprint density at radius 1 is 1.08 bits per heavy atom. The molecule has 0 saturated carbocycles. The van der Waals surface area contributed by atoms with Crippen LogP contribution in [0.15, 0.2) is 0 Å². The molecule has 0 aromatic heterocycles. The Morgan fingerprint density at radius 3 is 1.92 bits per heavy atom. The summed E-state index contributed by atoms with van der Waals surface area (Å²) in [4.78, 5) is 0. The maximum atomic E-state index is 12.1. The molecular weight excluding hydrogens is 198 g/mol. The lowest BCUT2D eigenvalue weighted by Gasteiger charge is -2.18. The van der Waals surface area contributed by atoms with Crippen LogP contribution in [0, 0.1) is 0 Å². The summed E-state index contributed by atoms with van der Waals surface area (Å²) < 4.78 is 58.8. The van der Waals surface area contributed by atoms with Gasteiger partial charge in [-0.05, 0) is 21.2 Å². The molecule has 0 radical (unpaired) electrons. The Morgan fingerprint density at radius 2 is 1.58 bits per heavy atom. The van der Waals surface area contributed by atoms with Gasteiger partial charge in [-0.25, -0.2) is 0 Å². The average molecular weight is 208 g/mol. The first kappa shape index (κ1) is 12.1. The van der Waals surface area contributed by atoms with Gasteiger partial charge in [-0.1, -0.05) is 13.3 Å². The zero-order valence-corrected chi connectivity index (χ0v) is 7.51. The van der Waals surface area contributed by atoms with Crippen molar-refractivity contribution in [3.05, 3.63) is 0 Å². The molecule has 0 nitrogen and oxygen atoms in total. The predicted octanol–water partition coefficient (Wildman–Crippen LogP) is 3.62. The highest BCUT2D eigenvalue weighted by Gasteiger charge is 2.56. The number of alkyl halides is 5. The molecule has 0 fully saturated rings. The van der Waals surface area contributed by atoms with Crippen LogP contribution in [-0.2, 0) is 0 Å². The van der Waals surface area contributed by atoms with Crippen molar-refractivity contribution in [1.29, 1.82) is 0 Å². The summed E-state index contributed by atoms with van der Waals surface area (Å²) in [6, 6.07) is 0. The molecule has 0 aliphatic rings. The molecule has 12 heavy (non-hydrogen) atoms. The molecule has 0 aromatic rings. The number of unbranched alkanes of at least 4 members (excludes halogenated alkanes) is 1. The molecule has 0 heterocycles. The molecule has 74 valence electrons. The summed E-state index contributed by atoms with van der Waals surface area (Å²) in [7, 11) is -1.34. The second kappa shape index (κ2) is 4.35. The molecular formula is C6H10F5P. The highest BCUT2D eigenvalue weighted by molar-refractivity contribution is 7.39. The minimum absolute atomic E-state index is 0.0526. The summed E-state index contributed by atoms with van der Waals surface area (Å²) in [6.45, 7) is 1.75. The van der Waals surface area contributed by atoms with Crippen LogP contribution in [0.4, 0.5) is 22.0 Å². The minimum Gasteiger partial charge on any atom is -0.192 e. The molecule has 0 aromatic carbocycles. The van der Waals surface area contributed by atoms with Gasteiger partial charge < -0.3 is 0 Å². The van der Waals surface area contributed by atoms with E-state index < -0.39 is 20.4 Å². The first-order valence-electron chi connectivity index (χ1n) is 3.51. The summed E-state index contributed by atoms with van der Waals surface area (Å²) in [6.07, 6.45) is -4.37. The molecule has 1 atom stereocenters. The van der Waals surface area contributed by atoms with Crippen molar-refractivity contribution in [2.24, 2.45) is 0 Å². The summed E-state index contributed by atoms with van der Waals surface area (Å²) in [5.74, 6) is 0. The van der Waals surface area contributed by atoms with Gasteiger partial charge in [0.2, 0.25) is 0 Å². The zero-order valence-electron chi connectivity index (χ0n) is 6.51. The third kappa shape index (κ3) is 3.65. The molecule has 0 aliphatic carbocycles. The third-order valence-corrected chi connectivity index (χ3v) is 2.56. The predicted molar refractivity (Wildman–Crippen MR) is 39.1 cm³/mol. The van der Waals surface area contributed by atoms with E-state index in [0.29, 0.717) is 12.8 Å². The van der Waals surface area contributed by atoms with Crippen molar-refractivity contribution in [3.8, 4) is 0 Å². The zero-order chi connectivity index (χ0) is 9.83. The van der Waals surface area contributed by atoms with E-state index in [1.807, 2.05) is 0 Å². The average Bonchev–Trinajstić information content (AvgIpc) is 1.85. The van der Waals surface area contributed by atoms with E-state index in [0.717, 1.165) is 0 Å². The van der Waals surface area contributed by atoms with Crippen LogP contribution in [-0.4, -0.2) is 18.0 Å².